The molecule has 0 aliphatic heterocycles. The van der Waals surface area contributed by atoms with E-state index in [-0.39, 0.29) is 11.7 Å². The maximum atomic E-state index is 12.8. The van der Waals surface area contributed by atoms with Crippen LogP contribution in [0.5, 0.6) is 0 Å². The van der Waals surface area contributed by atoms with Crippen molar-refractivity contribution in [3.63, 3.8) is 0 Å². The highest BCUT2D eigenvalue weighted by atomic mass is 32.2. The van der Waals surface area contributed by atoms with E-state index in [1.54, 1.807) is 19.1 Å². The van der Waals surface area contributed by atoms with Crippen molar-refractivity contribution in [3.05, 3.63) is 71.0 Å². The predicted molar refractivity (Wildman–Crippen MR) is 95.6 cm³/mol. The summed E-state index contributed by atoms with van der Waals surface area (Å²) in [6.45, 7) is 4.12. The van der Waals surface area contributed by atoms with E-state index in [0.717, 1.165) is 16.7 Å². The topological polar surface area (TPSA) is 46.2 Å². The van der Waals surface area contributed by atoms with Crippen molar-refractivity contribution in [2.24, 2.45) is 0 Å². The van der Waals surface area contributed by atoms with Gasteiger partial charge in [0.05, 0.1) is 0 Å². The Kier molecular flexibility index (Phi) is 6.67. The molecule has 0 aliphatic rings. The summed E-state index contributed by atoms with van der Waals surface area (Å²) < 4.78 is 25.1. The molecule has 0 radical (unpaired) electrons. The Hall–Kier alpha value is -2.01. The minimum absolute atomic E-state index is 0.220. The first-order valence-corrected chi connectivity index (χ1v) is 9.29. The first-order chi connectivity index (χ1) is 11.5. The second-order valence-corrected chi connectivity index (χ2v) is 7.58. The van der Waals surface area contributed by atoms with Gasteiger partial charge in [0.1, 0.15) is 11.1 Å². The lowest BCUT2D eigenvalue weighted by atomic mass is 10.1. The van der Waals surface area contributed by atoms with Crippen molar-refractivity contribution in [2.45, 2.75) is 31.3 Å². The van der Waals surface area contributed by atoms with Crippen LogP contribution < -0.4 is 5.32 Å². The molecule has 1 amide bonds. The molecule has 1 N–H and O–H groups in total. The molecular formula is C19H22FNO2S. The maximum Gasteiger partial charge on any atom is 0.235 e. The number of benzene rings is 2. The van der Waals surface area contributed by atoms with Crippen LogP contribution in [0.25, 0.3) is 0 Å². The molecule has 0 heterocycles. The molecule has 0 saturated carbocycles. The predicted octanol–water partition coefficient (Wildman–Crippen LogP) is 3.13. The monoisotopic (exact) mass is 347 g/mol. The van der Waals surface area contributed by atoms with Gasteiger partial charge in [-0.3, -0.25) is 9.00 Å². The number of hydrogen-bond donors (Lipinski definition) is 1. The zero-order valence-electron chi connectivity index (χ0n) is 13.9. The lowest BCUT2D eigenvalue weighted by Gasteiger charge is -2.12. The fourth-order valence-electron chi connectivity index (χ4n) is 2.22. The van der Waals surface area contributed by atoms with E-state index in [9.17, 15) is 13.4 Å². The van der Waals surface area contributed by atoms with Crippen LogP contribution in [0.4, 0.5) is 4.39 Å². The summed E-state index contributed by atoms with van der Waals surface area (Å²) in [5.41, 5.74) is 3.06. The van der Waals surface area contributed by atoms with Crippen LogP contribution in [0.2, 0.25) is 0 Å². The molecule has 2 atom stereocenters. The summed E-state index contributed by atoms with van der Waals surface area (Å²) in [6, 6.07) is 14.0. The second kappa shape index (κ2) is 8.73. The minimum Gasteiger partial charge on any atom is -0.355 e. The van der Waals surface area contributed by atoms with E-state index >= 15 is 0 Å². The molecule has 3 nitrogen and oxygen atoms in total. The van der Waals surface area contributed by atoms with Gasteiger partial charge < -0.3 is 5.32 Å². The van der Waals surface area contributed by atoms with Crippen molar-refractivity contribution in [3.8, 4) is 0 Å². The Labute approximate surface area is 144 Å². The number of nitrogens with one attached hydrogen (secondary N) is 1. The van der Waals surface area contributed by atoms with Crippen LogP contribution in [0.15, 0.2) is 48.5 Å². The Balaban J connectivity index is 1.79. The molecule has 2 rings (SSSR count). The van der Waals surface area contributed by atoms with Gasteiger partial charge in [-0.05, 0) is 43.5 Å². The van der Waals surface area contributed by atoms with Gasteiger partial charge in [-0.15, -0.1) is 0 Å². The smallest absolute Gasteiger partial charge is 0.235 e. The average molecular weight is 347 g/mol. The summed E-state index contributed by atoms with van der Waals surface area (Å²) in [7, 11) is -1.27. The van der Waals surface area contributed by atoms with E-state index in [1.165, 1.54) is 12.1 Å². The first-order valence-electron chi connectivity index (χ1n) is 7.90. The van der Waals surface area contributed by atoms with E-state index in [1.807, 2.05) is 31.2 Å². The van der Waals surface area contributed by atoms with Crippen LogP contribution in [0.1, 0.15) is 23.6 Å². The van der Waals surface area contributed by atoms with E-state index in [0.29, 0.717) is 18.7 Å². The van der Waals surface area contributed by atoms with E-state index in [2.05, 4.69) is 5.32 Å². The van der Waals surface area contributed by atoms with Crippen molar-refractivity contribution < 1.29 is 13.4 Å². The van der Waals surface area contributed by atoms with Gasteiger partial charge in [0, 0.05) is 23.1 Å². The molecule has 0 fully saturated rings. The quantitative estimate of drug-likeness (QED) is 0.836. The Morgan fingerprint density at radius 3 is 2.29 bits per heavy atom. The minimum atomic E-state index is -1.27. The van der Waals surface area contributed by atoms with Gasteiger partial charge >= 0.3 is 0 Å². The third kappa shape index (κ3) is 5.57. The van der Waals surface area contributed by atoms with Gasteiger partial charge in [-0.2, -0.15) is 0 Å². The van der Waals surface area contributed by atoms with Crippen LogP contribution in [-0.2, 0) is 27.8 Å². The zero-order valence-corrected chi connectivity index (χ0v) is 14.7. The number of halogens is 1. The molecule has 0 saturated heterocycles. The molecule has 2 aromatic rings. The third-order valence-corrected chi connectivity index (χ3v) is 5.44. The largest absolute Gasteiger partial charge is 0.355 e. The molecule has 5 heteroatoms. The van der Waals surface area contributed by atoms with Gasteiger partial charge in [0.2, 0.25) is 5.91 Å². The van der Waals surface area contributed by atoms with Crippen LogP contribution in [0.3, 0.4) is 0 Å². The van der Waals surface area contributed by atoms with Crippen LogP contribution in [0, 0.1) is 12.7 Å². The molecule has 0 aromatic heterocycles. The van der Waals surface area contributed by atoms with E-state index in [4.69, 9.17) is 0 Å². The number of carbonyl (C=O) groups excluding carboxylic acids is 1. The summed E-state index contributed by atoms with van der Waals surface area (Å²) >= 11 is 0. The van der Waals surface area contributed by atoms with Crippen molar-refractivity contribution >= 4 is 16.7 Å². The van der Waals surface area contributed by atoms with Gasteiger partial charge in [-0.25, -0.2) is 4.39 Å². The van der Waals surface area contributed by atoms with Gasteiger partial charge in [-0.1, -0.05) is 42.0 Å². The van der Waals surface area contributed by atoms with Crippen molar-refractivity contribution in [2.75, 3.05) is 6.54 Å². The Morgan fingerprint density at radius 2 is 1.67 bits per heavy atom. The normalized spacial score (nSPS) is 13.3. The molecule has 0 bridgehead atoms. The summed E-state index contributed by atoms with van der Waals surface area (Å²) in [5, 5.41) is 2.23. The summed E-state index contributed by atoms with van der Waals surface area (Å²) in [6.07, 6.45) is 0.614. The van der Waals surface area contributed by atoms with Crippen LogP contribution in [-0.4, -0.2) is 21.9 Å². The highest BCUT2D eigenvalue weighted by molar-refractivity contribution is 7.85. The molecule has 0 spiro atoms. The zero-order chi connectivity index (χ0) is 17.5. The molecule has 0 aliphatic carbocycles. The van der Waals surface area contributed by atoms with Crippen molar-refractivity contribution in [1.29, 1.82) is 0 Å². The van der Waals surface area contributed by atoms with Gasteiger partial charge in [0.15, 0.2) is 0 Å². The highest BCUT2D eigenvalue weighted by Crippen LogP contribution is 2.09. The molecule has 2 aromatic carbocycles. The number of rotatable bonds is 7. The third-order valence-electron chi connectivity index (χ3n) is 3.82. The summed E-state index contributed by atoms with van der Waals surface area (Å²) in [5.74, 6) is -0.127. The fraction of sp³-hybridized carbons (Fsp3) is 0.316. The molecule has 0 unspecified atom stereocenters. The lowest BCUT2D eigenvalue weighted by Crippen LogP contribution is -2.36. The summed E-state index contributed by atoms with van der Waals surface area (Å²) in [4.78, 5) is 12.1. The number of carbonyl (C=O) groups is 1. The fourth-order valence-corrected chi connectivity index (χ4v) is 3.31. The maximum absolute atomic E-state index is 12.8. The number of aryl methyl sites for hydroxylation is 1. The standard InChI is InChI=1S/C19H22FNO2S/c1-14-3-5-17(6-4-14)13-24(23)15(2)19(22)21-12-11-16-7-9-18(20)10-8-16/h3-10,15H,11-13H2,1-2H3,(H,21,22)/t15-,24-/m0/s1. The first kappa shape index (κ1) is 18.3. The molecular weight excluding hydrogens is 325 g/mol. The number of amides is 1. The molecule has 128 valence electrons. The highest BCUT2D eigenvalue weighted by Gasteiger charge is 2.19. The Morgan fingerprint density at radius 1 is 1.08 bits per heavy atom. The van der Waals surface area contributed by atoms with Crippen LogP contribution >= 0.6 is 0 Å². The average Bonchev–Trinajstić information content (AvgIpc) is 2.58. The SMILES string of the molecule is Cc1ccc(C[S@](=O)[C@@H](C)C(=O)NCCc2ccc(F)cc2)cc1. The lowest BCUT2D eigenvalue weighted by molar-refractivity contribution is -0.120. The van der Waals surface area contributed by atoms with Crippen molar-refractivity contribution in [1.82, 2.24) is 5.32 Å². The van der Waals surface area contributed by atoms with Gasteiger partial charge in [0.25, 0.3) is 0 Å². The van der Waals surface area contributed by atoms with E-state index < -0.39 is 16.0 Å². The second-order valence-electron chi connectivity index (χ2n) is 5.82. The molecule has 24 heavy (non-hydrogen) atoms. The number of hydrogen-bond acceptors (Lipinski definition) is 2. The Bertz CT molecular complexity index is 698.